The summed E-state index contributed by atoms with van der Waals surface area (Å²) < 4.78 is 64.8. The molecule has 2 saturated heterocycles. The van der Waals surface area contributed by atoms with Gasteiger partial charge in [-0.05, 0) is 48.6 Å². The summed E-state index contributed by atoms with van der Waals surface area (Å²) in [6.07, 6.45) is 1.25. The van der Waals surface area contributed by atoms with Gasteiger partial charge in [0.2, 0.25) is 15.9 Å². The molecule has 0 unspecified atom stereocenters. The number of thiophene rings is 1. The Morgan fingerprint density at radius 3 is 2.46 bits per heavy atom. The van der Waals surface area contributed by atoms with E-state index >= 15 is 0 Å². The Balaban J connectivity index is 1.23. The van der Waals surface area contributed by atoms with Gasteiger partial charge < -0.3 is 14.8 Å². The molecule has 0 saturated carbocycles. The number of piperidine rings is 1. The highest BCUT2D eigenvalue weighted by molar-refractivity contribution is 7.91. The molecule has 10 nitrogen and oxygen atoms in total. The minimum Gasteiger partial charge on any atom is -0.492 e. The molecule has 2 fully saturated rings. The Morgan fingerprint density at radius 1 is 1.03 bits per heavy atom. The van der Waals surface area contributed by atoms with E-state index in [-0.39, 0.29) is 34.7 Å². The monoisotopic (exact) mass is 543 g/mol. The average molecular weight is 544 g/mol. The number of ether oxygens (including phenoxy) is 2. The molecular formula is C22H29N3O7S3. The zero-order chi connectivity index (χ0) is 24.9. The largest absolute Gasteiger partial charge is 0.492 e. The number of morpholine rings is 1. The Kier molecular flexibility index (Phi) is 8.45. The van der Waals surface area contributed by atoms with E-state index in [2.05, 4.69) is 5.32 Å². The number of nitrogens with zero attached hydrogens (tertiary/aromatic N) is 2. The highest BCUT2D eigenvalue weighted by Gasteiger charge is 2.33. The quantitative estimate of drug-likeness (QED) is 0.474. The number of carbonyl (C=O) groups is 1. The Labute approximate surface area is 209 Å². The van der Waals surface area contributed by atoms with Crippen LogP contribution in [0.25, 0.3) is 0 Å². The van der Waals surface area contributed by atoms with Crippen LogP contribution in [-0.4, -0.2) is 83.9 Å². The first-order chi connectivity index (χ1) is 16.8. The molecule has 1 aromatic carbocycles. The van der Waals surface area contributed by atoms with Crippen LogP contribution in [0.15, 0.2) is 50.9 Å². The number of benzene rings is 1. The molecule has 0 bridgehead atoms. The number of carbonyl (C=O) groups excluding carboxylic acids is 1. The molecule has 0 spiro atoms. The molecule has 13 heteroatoms. The summed E-state index contributed by atoms with van der Waals surface area (Å²) in [6, 6.07) is 9.45. The average Bonchev–Trinajstić information content (AvgIpc) is 3.44. The maximum absolute atomic E-state index is 12.7. The van der Waals surface area contributed by atoms with Crippen LogP contribution in [0, 0.1) is 5.92 Å². The molecule has 0 radical (unpaired) electrons. The van der Waals surface area contributed by atoms with Crippen LogP contribution in [0.3, 0.4) is 0 Å². The van der Waals surface area contributed by atoms with Gasteiger partial charge >= 0.3 is 0 Å². The molecule has 1 N–H and O–H groups in total. The fourth-order valence-electron chi connectivity index (χ4n) is 4.04. The van der Waals surface area contributed by atoms with Gasteiger partial charge in [0.1, 0.15) is 16.6 Å². The van der Waals surface area contributed by atoms with Gasteiger partial charge in [0.25, 0.3) is 10.0 Å². The van der Waals surface area contributed by atoms with Gasteiger partial charge in [-0.15, -0.1) is 11.3 Å². The molecule has 192 valence electrons. The van der Waals surface area contributed by atoms with Crippen molar-refractivity contribution in [1.29, 1.82) is 0 Å². The first kappa shape index (κ1) is 26.0. The number of hydrogen-bond acceptors (Lipinski definition) is 8. The lowest BCUT2D eigenvalue weighted by molar-refractivity contribution is -0.126. The van der Waals surface area contributed by atoms with Crippen molar-refractivity contribution in [2.75, 3.05) is 52.5 Å². The normalized spacial score (nSPS) is 20.4. The van der Waals surface area contributed by atoms with Gasteiger partial charge in [-0.3, -0.25) is 4.79 Å². The smallest absolute Gasteiger partial charge is 0.252 e. The van der Waals surface area contributed by atoms with Crippen molar-refractivity contribution in [3.8, 4) is 5.75 Å². The third kappa shape index (κ3) is 6.22. The molecule has 2 aliphatic heterocycles. The van der Waals surface area contributed by atoms with E-state index in [0.29, 0.717) is 51.4 Å². The fraction of sp³-hybridized carbons (Fsp3) is 0.500. The number of sulfonamides is 2. The van der Waals surface area contributed by atoms with Crippen molar-refractivity contribution in [2.24, 2.45) is 5.92 Å². The van der Waals surface area contributed by atoms with E-state index in [0.717, 1.165) is 0 Å². The SMILES string of the molecule is O=C(NCCOc1ccc(S(=O)(=O)N2CCOCC2)cc1)[C@H]1CCCN(S(=O)(=O)c2cccs2)C1. The van der Waals surface area contributed by atoms with Crippen molar-refractivity contribution in [3.63, 3.8) is 0 Å². The summed E-state index contributed by atoms with van der Waals surface area (Å²) >= 11 is 1.17. The third-order valence-electron chi connectivity index (χ3n) is 5.95. The second-order valence-electron chi connectivity index (χ2n) is 8.26. The van der Waals surface area contributed by atoms with Crippen molar-refractivity contribution in [2.45, 2.75) is 21.9 Å². The fourth-order valence-corrected chi connectivity index (χ4v) is 8.12. The summed E-state index contributed by atoms with van der Waals surface area (Å²) in [5.74, 6) is -0.124. The van der Waals surface area contributed by atoms with Crippen LogP contribution < -0.4 is 10.1 Å². The van der Waals surface area contributed by atoms with Crippen molar-refractivity contribution in [3.05, 3.63) is 41.8 Å². The molecule has 0 aliphatic carbocycles. The predicted molar refractivity (Wildman–Crippen MR) is 130 cm³/mol. The van der Waals surface area contributed by atoms with Crippen molar-refractivity contribution < 1.29 is 31.1 Å². The van der Waals surface area contributed by atoms with Gasteiger partial charge in [0, 0.05) is 26.2 Å². The molecular weight excluding hydrogens is 514 g/mol. The van der Waals surface area contributed by atoms with E-state index in [1.54, 1.807) is 29.6 Å². The van der Waals surface area contributed by atoms with Gasteiger partial charge in [-0.2, -0.15) is 8.61 Å². The molecule has 1 atom stereocenters. The van der Waals surface area contributed by atoms with Crippen molar-refractivity contribution in [1.82, 2.24) is 13.9 Å². The van der Waals surface area contributed by atoms with Gasteiger partial charge in [0.05, 0.1) is 30.6 Å². The van der Waals surface area contributed by atoms with E-state index in [1.807, 2.05) is 0 Å². The van der Waals surface area contributed by atoms with Gasteiger partial charge in [0.15, 0.2) is 0 Å². The van der Waals surface area contributed by atoms with E-state index in [1.165, 1.54) is 32.1 Å². The first-order valence-electron chi connectivity index (χ1n) is 11.4. The topological polar surface area (TPSA) is 122 Å². The van der Waals surface area contributed by atoms with Crippen LogP contribution in [-0.2, 0) is 29.6 Å². The molecule has 2 aliphatic rings. The van der Waals surface area contributed by atoms with Gasteiger partial charge in [-0.1, -0.05) is 6.07 Å². The lowest BCUT2D eigenvalue weighted by atomic mass is 9.99. The Bertz CT molecular complexity index is 1190. The summed E-state index contributed by atoms with van der Waals surface area (Å²) in [7, 11) is -7.14. The first-order valence-corrected chi connectivity index (χ1v) is 15.2. The maximum atomic E-state index is 12.7. The lowest BCUT2D eigenvalue weighted by Gasteiger charge is -2.30. The Hall–Kier alpha value is -2.03. The second-order valence-corrected chi connectivity index (χ2v) is 13.3. The van der Waals surface area contributed by atoms with E-state index in [9.17, 15) is 21.6 Å². The summed E-state index contributed by atoms with van der Waals surface area (Å²) in [5, 5.41) is 4.53. The van der Waals surface area contributed by atoms with E-state index < -0.39 is 26.0 Å². The van der Waals surface area contributed by atoms with Crippen LogP contribution in [0.5, 0.6) is 5.75 Å². The van der Waals surface area contributed by atoms with Crippen LogP contribution in [0.4, 0.5) is 0 Å². The number of rotatable bonds is 9. The molecule has 1 aromatic heterocycles. The minimum atomic E-state index is -3.57. The molecule has 3 heterocycles. The molecule has 1 amide bonds. The van der Waals surface area contributed by atoms with Crippen molar-refractivity contribution >= 4 is 37.3 Å². The van der Waals surface area contributed by atoms with Crippen LogP contribution in [0.1, 0.15) is 12.8 Å². The van der Waals surface area contributed by atoms with Crippen LogP contribution >= 0.6 is 11.3 Å². The van der Waals surface area contributed by atoms with Gasteiger partial charge in [-0.25, -0.2) is 16.8 Å². The lowest BCUT2D eigenvalue weighted by Crippen LogP contribution is -2.45. The zero-order valence-corrected chi connectivity index (χ0v) is 21.6. The number of nitrogens with one attached hydrogen (secondary N) is 1. The predicted octanol–water partition coefficient (Wildman–Crippen LogP) is 1.36. The maximum Gasteiger partial charge on any atom is 0.252 e. The standard InChI is InChI=1S/C22H29N3O7S3/c26-22(18-3-1-10-25(17-18)35(29,30)21-4-2-16-33-21)23-9-13-32-19-5-7-20(8-6-19)34(27,28)24-11-14-31-15-12-24/h2,4-8,16,18H,1,3,9-15,17H2,(H,23,26)/t18-/m0/s1. The molecule has 35 heavy (non-hydrogen) atoms. The summed E-state index contributed by atoms with van der Waals surface area (Å²) in [6.45, 7) is 2.45. The summed E-state index contributed by atoms with van der Waals surface area (Å²) in [5.41, 5.74) is 0. The third-order valence-corrected chi connectivity index (χ3v) is 11.1. The molecule has 4 rings (SSSR count). The number of hydrogen-bond donors (Lipinski definition) is 1. The highest BCUT2D eigenvalue weighted by atomic mass is 32.2. The number of amides is 1. The zero-order valence-electron chi connectivity index (χ0n) is 19.2. The summed E-state index contributed by atoms with van der Waals surface area (Å²) in [4.78, 5) is 12.8. The second kappa shape index (κ2) is 11.4. The molecule has 2 aromatic rings. The minimum absolute atomic E-state index is 0.159. The van der Waals surface area contributed by atoms with E-state index in [4.69, 9.17) is 9.47 Å². The highest BCUT2D eigenvalue weighted by Crippen LogP contribution is 2.26. The Morgan fingerprint density at radius 2 is 1.77 bits per heavy atom. The van der Waals surface area contributed by atoms with Crippen LogP contribution in [0.2, 0.25) is 0 Å².